The van der Waals surface area contributed by atoms with E-state index in [1.165, 1.54) is 12.5 Å². The van der Waals surface area contributed by atoms with Gasteiger partial charge in [-0.1, -0.05) is 0 Å². The minimum atomic E-state index is -0.371. The van der Waals surface area contributed by atoms with Gasteiger partial charge in [-0.2, -0.15) is 0 Å². The first-order valence-corrected chi connectivity index (χ1v) is 8.52. The first-order valence-electron chi connectivity index (χ1n) is 6.80. The summed E-state index contributed by atoms with van der Waals surface area (Å²) >= 11 is -0.351. The molecule has 0 radical (unpaired) electrons. The zero-order valence-electron chi connectivity index (χ0n) is 12.2. The average molecular weight is 374 g/mol. The standard InChI is InChI=1S/C16H13N3O3Se/c1-10-4-2-5-11(8-10)18-15(21)13-9-17-16(23-13)19-14(20)12-6-3-7-22-12/h2-9H,1H3,(H,18,21)(H,17,19,20). The van der Waals surface area contributed by atoms with Gasteiger partial charge in [-0.15, -0.1) is 0 Å². The van der Waals surface area contributed by atoms with Crippen LogP contribution in [-0.2, 0) is 0 Å². The molecule has 0 saturated heterocycles. The fraction of sp³-hybridized carbons (Fsp3) is 0.0625. The molecule has 0 atom stereocenters. The molecule has 0 bridgehead atoms. The van der Waals surface area contributed by atoms with Gasteiger partial charge in [0, 0.05) is 0 Å². The summed E-state index contributed by atoms with van der Waals surface area (Å²) in [6, 6.07) is 10.8. The molecule has 23 heavy (non-hydrogen) atoms. The number of carbonyl (C=O) groups excluding carboxylic acids is 2. The van der Waals surface area contributed by atoms with Crippen molar-refractivity contribution in [2.75, 3.05) is 10.6 Å². The first kappa shape index (κ1) is 15.3. The number of benzene rings is 1. The van der Waals surface area contributed by atoms with Crippen LogP contribution in [0, 0.1) is 6.92 Å². The number of aryl methyl sites for hydroxylation is 1. The molecule has 0 unspecified atom stereocenters. The summed E-state index contributed by atoms with van der Waals surface area (Å²) in [5.74, 6) is -0.368. The Morgan fingerprint density at radius 2 is 2.00 bits per heavy atom. The van der Waals surface area contributed by atoms with E-state index in [9.17, 15) is 9.59 Å². The van der Waals surface area contributed by atoms with Crippen LogP contribution in [-0.4, -0.2) is 31.3 Å². The molecule has 2 heterocycles. The molecule has 3 rings (SSSR count). The van der Waals surface area contributed by atoms with Gasteiger partial charge in [-0.3, -0.25) is 0 Å². The summed E-state index contributed by atoms with van der Waals surface area (Å²) in [6.07, 6.45) is 2.92. The van der Waals surface area contributed by atoms with Gasteiger partial charge >= 0.3 is 138 Å². The minimum absolute atomic E-state index is 0.207. The van der Waals surface area contributed by atoms with Gasteiger partial charge in [0.2, 0.25) is 0 Å². The van der Waals surface area contributed by atoms with Gasteiger partial charge in [0.25, 0.3) is 0 Å². The molecule has 116 valence electrons. The van der Waals surface area contributed by atoms with E-state index in [1.54, 1.807) is 12.1 Å². The van der Waals surface area contributed by atoms with Crippen molar-refractivity contribution in [2.24, 2.45) is 0 Å². The van der Waals surface area contributed by atoms with Gasteiger partial charge in [0.15, 0.2) is 0 Å². The Balaban J connectivity index is 1.66. The van der Waals surface area contributed by atoms with E-state index >= 15 is 0 Å². The van der Waals surface area contributed by atoms with Crippen molar-refractivity contribution >= 4 is 36.7 Å². The molecule has 1 aromatic carbocycles. The summed E-state index contributed by atoms with van der Waals surface area (Å²) < 4.78 is 6.04. The first-order chi connectivity index (χ1) is 11.1. The Kier molecular flexibility index (Phi) is 4.41. The van der Waals surface area contributed by atoms with E-state index in [0.29, 0.717) is 9.13 Å². The van der Waals surface area contributed by atoms with Crippen LogP contribution in [0.1, 0.15) is 25.4 Å². The Labute approximate surface area is 138 Å². The van der Waals surface area contributed by atoms with Crippen molar-refractivity contribution < 1.29 is 14.0 Å². The van der Waals surface area contributed by atoms with E-state index in [4.69, 9.17) is 4.42 Å². The quantitative estimate of drug-likeness (QED) is 0.688. The van der Waals surface area contributed by atoms with Crippen LogP contribution in [0.5, 0.6) is 0 Å². The van der Waals surface area contributed by atoms with Crippen molar-refractivity contribution in [1.29, 1.82) is 0 Å². The van der Waals surface area contributed by atoms with Crippen LogP contribution in [0.4, 0.5) is 10.4 Å². The third-order valence-electron chi connectivity index (χ3n) is 2.97. The SMILES string of the molecule is Cc1cccc(NC(=O)c2cnc(NC(=O)c3ccco3)[se]2)c1. The van der Waals surface area contributed by atoms with Crippen molar-refractivity contribution in [1.82, 2.24) is 4.98 Å². The second-order valence-corrected chi connectivity index (χ2v) is 6.95. The molecule has 6 nitrogen and oxygen atoms in total. The summed E-state index contributed by atoms with van der Waals surface area (Å²) in [5, 5.41) is 5.48. The molecule has 2 aromatic heterocycles. The van der Waals surface area contributed by atoms with Crippen molar-refractivity contribution in [3.05, 3.63) is 64.6 Å². The zero-order chi connectivity index (χ0) is 16.2. The number of nitrogens with one attached hydrogen (secondary N) is 2. The Hall–Kier alpha value is -2.63. The summed E-state index contributed by atoms with van der Waals surface area (Å²) in [6.45, 7) is 1.96. The second-order valence-electron chi connectivity index (χ2n) is 4.78. The molecule has 3 aromatic rings. The number of anilines is 2. The van der Waals surface area contributed by atoms with Crippen LogP contribution in [0.25, 0.3) is 0 Å². The number of furan rings is 1. The van der Waals surface area contributed by atoms with E-state index in [2.05, 4.69) is 15.6 Å². The molecule has 0 aliphatic carbocycles. The maximum atomic E-state index is 12.2. The summed E-state index contributed by atoms with van der Waals surface area (Å²) in [4.78, 5) is 28.2. The number of amides is 2. The predicted molar refractivity (Wildman–Crippen MR) is 87.0 cm³/mol. The summed E-state index contributed by atoms with van der Waals surface area (Å²) in [5.41, 5.74) is 1.80. The Bertz CT molecular complexity index is 840. The number of aromatic nitrogens is 1. The molecule has 0 fully saturated rings. The Morgan fingerprint density at radius 3 is 2.74 bits per heavy atom. The second kappa shape index (κ2) is 6.64. The van der Waals surface area contributed by atoms with Crippen LogP contribution >= 0.6 is 0 Å². The van der Waals surface area contributed by atoms with E-state index < -0.39 is 0 Å². The Morgan fingerprint density at radius 1 is 1.13 bits per heavy atom. The van der Waals surface area contributed by atoms with Gasteiger partial charge in [-0.25, -0.2) is 0 Å². The fourth-order valence-electron chi connectivity index (χ4n) is 1.92. The topological polar surface area (TPSA) is 84.2 Å². The van der Waals surface area contributed by atoms with Crippen LogP contribution < -0.4 is 10.6 Å². The van der Waals surface area contributed by atoms with Gasteiger partial charge in [-0.05, 0) is 0 Å². The number of nitrogens with zero attached hydrogens (tertiary/aromatic N) is 1. The summed E-state index contributed by atoms with van der Waals surface area (Å²) in [7, 11) is 0. The molecule has 0 spiro atoms. The van der Waals surface area contributed by atoms with Crippen LogP contribution in [0.3, 0.4) is 0 Å². The third kappa shape index (κ3) is 3.77. The number of carbonyl (C=O) groups is 2. The fourth-order valence-corrected chi connectivity index (χ4v) is 3.40. The maximum absolute atomic E-state index is 12.2. The molecule has 0 aliphatic rings. The molecule has 2 N–H and O–H groups in total. The molecule has 0 saturated carbocycles. The van der Waals surface area contributed by atoms with Crippen molar-refractivity contribution in [2.45, 2.75) is 6.92 Å². The number of hydrogen-bond acceptors (Lipinski definition) is 4. The van der Waals surface area contributed by atoms with Crippen LogP contribution in [0.15, 0.2) is 53.3 Å². The normalized spacial score (nSPS) is 10.3. The predicted octanol–water partition coefficient (Wildman–Crippen LogP) is 2.54. The third-order valence-corrected chi connectivity index (χ3v) is 4.88. The van der Waals surface area contributed by atoms with Crippen molar-refractivity contribution in [3.8, 4) is 0 Å². The number of rotatable bonds is 4. The van der Waals surface area contributed by atoms with Gasteiger partial charge < -0.3 is 0 Å². The molecule has 7 heteroatoms. The van der Waals surface area contributed by atoms with E-state index in [0.717, 1.165) is 11.3 Å². The van der Waals surface area contributed by atoms with E-state index in [-0.39, 0.29) is 32.1 Å². The molecule has 2 amide bonds. The van der Waals surface area contributed by atoms with Crippen LogP contribution in [0.2, 0.25) is 0 Å². The van der Waals surface area contributed by atoms with Gasteiger partial charge in [0.05, 0.1) is 0 Å². The number of hydrogen-bond donors (Lipinski definition) is 2. The van der Waals surface area contributed by atoms with Crippen molar-refractivity contribution in [3.63, 3.8) is 0 Å². The molecular weight excluding hydrogens is 361 g/mol. The monoisotopic (exact) mass is 375 g/mol. The molecule has 0 aliphatic heterocycles. The van der Waals surface area contributed by atoms with Gasteiger partial charge in [0.1, 0.15) is 0 Å². The van der Waals surface area contributed by atoms with E-state index in [1.807, 2.05) is 31.2 Å². The molecular formula is C16H13N3O3Se. The average Bonchev–Trinajstić information content (AvgIpc) is 3.18. The zero-order valence-corrected chi connectivity index (χ0v) is 13.9.